The molecule has 0 bridgehead atoms. The summed E-state index contributed by atoms with van der Waals surface area (Å²) in [6.07, 6.45) is 1.10. The number of nitrogens with zero attached hydrogens (tertiary/aromatic N) is 4. The fraction of sp³-hybridized carbons (Fsp3) is 0.370. The van der Waals surface area contributed by atoms with Gasteiger partial charge in [-0.3, -0.25) is 14.5 Å². The van der Waals surface area contributed by atoms with Crippen LogP contribution in [0.15, 0.2) is 74.5 Å². The Kier molecular flexibility index (Phi) is 6.28. The number of rotatable bonds is 5. The minimum Gasteiger partial charge on any atom is -0.390 e. The molecule has 7 atom stereocenters. The lowest BCUT2D eigenvalue weighted by molar-refractivity contribution is -0.00986. The SMILES string of the molecule is O=S(=O)(O)c1ccc(CCN=C2NC(C#Cc3ccccc3)=NC3C2N=CN3[C@@H]2C3C[C@H]3[C@@H](O)[C@H]2O)cc1. The predicted octanol–water partition coefficient (Wildman–Crippen LogP) is 0.706. The number of amidine groups is 2. The van der Waals surface area contributed by atoms with E-state index in [1.807, 2.05) is 35.2 Å². The summed E-state index contributed by atoms with van der Waals surface area (Å²) in [4.78, 5) is 16.0. The van der Waals surface area contributed by atoms with Gasteiger partial charge in [-0.15, -0.1) is 0 Å². The Morgan fingerprint density at radius 2 is 1.79 bits per heavy atom. The first-order valence-electron chi connectivity index (χ1n) is 12.5. The highest BCUT2D eigenvalue weighted by Crippen LogP contribution is 2.54. The Bertz CT molecular complexity index is 1480. The van der Waals surface area contributed by atoms with Gasteiger partial charge in [0.2, 0.25) is 0 Å². The molecule has 0 saturated heterocycles. The third-order valence-corrected chi connectivity index (χ3v) is 8.42. The summed E-state index contributed by atoms with van der Waals surface area (Å²) >= 11 is 0. The van der Waals surface area contributed by atoms with Gasteiger partial charge in [-0.25, -0.2) is 4.99 Å². The van der Waals surface area contributed by atoms with Crippen molar-refractivity contribution < 1.29 is 23.2 Å². The largest absolute Gasteiger partial charge is 0.390 e. The Hall–Kier alpha value is -3.56. The van der Waals surface area contributed by atoms with E-state index in [1.54, 1.807) is 18.5 Å². The molecule has 4 N–H and O–H groups in total. The van der Waals surface area contributed by atoms with Crippen molar-refractivity contribution in [2.45, 2.75) is 48.2 Å². The molecule has 2 aromatic rings. The molecule has 10 nitrogen and oxygen atoms in total. The molecule has 2 fully saturated rings. The van der Waals surface area contributed by atoms with Crippen molar-refractivity contribution in [1.82, 2.24) is 10.2 Å². The van der Waals surface area contributed by atoms with E-state index in [4.69, 9.17) is 9.98 Å². The molecule has 2 heterocycles. The first-order chi connectivity index (χ1) is 18.3. The van der Waals surface area contributed by atoms with Crippen molar-refractivity contribution in [3.8, 4) is 11.8 Å². The number of aliphatic hydroxyl groups excluding tert-OH is 2. The molecule has 0 aromatic heterocycles. The van der Waals surface area contributed by atoms with Crippen LogP contribution in [0.25, 0.3) is 0 Å². The van der Waals surface area contributed by atoms with Crippen LogP contribution >= 0.6 is 0 Å². The molecule has 11 heteroatoms. The second-order valence-corrected chi connectivity index (χ2v) is 11.4. The Morgan fingerprint density at radius 3 is 2.47 bits per heavy atom. The van der Waals surface area contributed by atoms with Gasteiger partial charge in [0.25, 0.3) is 10.1 Å². The molecule has 6 rings (SSSR count). The quantitative estimate of drug-likeness (QED) is 0.327. The fourth-order valence-corrected chi connectivity index (χ4v) is 6.01. The van der Waals surface area contributed by atoms with Gasteiger partial charge in [0.15, 0.2) is 12.0 Å². The van der Waals surface area contributed by atoms with E-state index in [-0.39, 0.29) is 22.8 Å². The first kappa shape index (κ1) is 24.8. The highest BCUT2D eigenvalue weighted by molar-refractivity contribution is 7.85. The van der Waals surface area contributed by atoms with Crippen LogP contribution in [-0.4, -0.2) is 83.1 Å². The van der Waals surface area contributed by atoms with Crippen LogP contribution in [0.1, 0.15) is 17.5 Å². The van der Waals surface area contributed by atoms with Gasteiger partial charge in [-0.05, 0) is 60.4 Å². The molecule has 2 aromatic carbocycles. The minimum absolute atomic E-state index is 0.117. The van der Waals surface area contributed by atoms with Gasteiger partial charge in [-0.2, -0.15) is 8.42 Å². The zero-order valence-electron chi connectivity index (χ0n) is 20.3. The van der Waals surface area contributed by atoms with Gasteiger partial charge >= 0.3 is 0 Å². The zero-order valence-corrected chi connectivity index (χ0v) is 21.1. The van der Waals surface area contributed by atoms with Crippen molar-refractivity contribution >= 4 is 28.1 Å². The first-order valence-corrected chi connectivity index (χ1v) is 13.9. The van der Waals surface area contributed by atoms with Gasteiger partial charge < -0.3 is 20.4 Å². The maximum Gasteiger partial charge on any atom is 0.294 e. The summed E-state index contributed by atoms with van der Waals surface area (Å²) in [7, 11) is -4.24. The van der Waals surface area contributed by atoms with Crippen molar-refractivity contribution in [1.29, 1.82) is 0 Å². The Labute approximate surface area is 220 Å². The van der Waals surface area contributed by atoms with E-state index >= 15 is 0 Å². The second kappa shape index (κ2) is 9.63. The van der Waals surface area contributed by atoms with Crippen LogP contribution in [0.2, 0.25) is 0 Å². The molecule has 4 aliphatic rings. The lowest BCUT2D eigenvalue weighted by Crippen LogP contribution is -2.56. The molecule has 0 spiro atoms. The van der Waals surface area contributed by atoms with Crippen LogP contribution in [-0.2, 0) is 16.5 Å². The molecule has 3 unspecified atom stereocenters. The molecule has 0 radical (unpaired) electrons. The summed E-state index contributed by atoms with van der Waals surface area (Å²) in [6, 6.07) is 14.9. The van der Waals surface area contributed by atoms with Crippen LogP contribution in [0.4, 0.5) is 0 Å². The van der Waals surface area contributed by atoms with Crippen LogP contribution in [0.5, 0.6) is 0 Å². The Morgan fingerprint density at radius 1 is 1.03 bits per heavy atom. The topological polar surface area (TPSA) is 147 Å². The van der Waals surface area contributed by atoms with Gasteiger partial charge in [0.05, 0.1) is 23.4 Å². The van der Waals surface area contributed by atoms with E-state index in [2.05, 4.69) is 22.2 Å². The fourth-order valence-electron chi connectivity index (χ4n) is 5.53. The second-order valence-electron chi connectivity index (χ2n) is 9.96. The van der Waals surface area contributed by atoms with Gasteiger partial charge in [0.1, 0.15) is 18.0 Å². The number of hydrogen-bond acceptors (Lipinski definition) is 8. The molecule has 2 aliphatic carbocycles. The van der Waals surface area contributed by atoms with Crippen LogP contribution in [0.3, 0.4) is 0 Å². The maximum absolute atomic E-state index is 11.3. The summed E-state index contributed by atoms with van der Waals surface area (Å²) in [5, 5.41) is 24.3. The summed E-state index contributed by atoms with van der Waals surface area (Å²) < 4.78 is 31.7. The average molecular weight is 534 g/mol. The van der Waals surface area contributed by atoms with Crippen molar-refractivity contribution in [3.63, 3.8) is 0 Å². The number of benzene rings is 2. The number of hydrogen-bond donors (Lipinski definition) is 4. The monoisotopic (exact) mass is 533 g/mol. The third kappa shape index (κ3) is 4.72. The smallest absolute Gasteiger partial charge is 0.294 e. The van der Waals surface area contributed by atoms with Crippen molar-refractivity contribution in [3.05, 3.63) is 65.7 Å². The van der Waals surface area contributed by atoms with E-state index in [1.165, 1.54) is 12.1 Å². The van der Waals surface area contributed by atoms with Crippen molar-refractivity contribution in [2.24, 2.45) is 26.8 Å². The highest BCUT2D eigenvalue weighted by atomic mass is 32.2. The molecule has 2 saturated carbocycles. The third-order valence-electron chi connectivity index (χ3n) is 7.55. The summed E-state index contributed by atoms with van der Waals surface area (Å²) in [5.74, 6) is 7.59. The lowest BCUT2D eigenvalue weighted by Gasteiger charge is -2.36. The molecular weight excluding hydrogens is 506 g/mol. The normalized spacial score (nSPS) is 32.2. The van der Waals surface area contributed by atoms with Crippen LogP contribution < -0.4 is 5.32 Å². The minimum atomic E-state index is -4.24. The standard InChI is InChI=1S/C27H27N5O5S/c33-24-20-14-19(20)23(25(24)34)32-15-29-22-26(28-13-12-17-6-9-18(10-7-17)38(35,36)37)30-21(31-27(22)32)11-8-16-4-2-1-3-5-16/h1-7,9-10,15,19-20,22-25,27,33-34H,12-14H2,(H,28,30,31)(H,35,36,37)/t19?,20-,22?,23-,24-,25+,27?/m1/s1. The van der Waals surface area contributed by atoms with Gasteiger partial charge in [-0.1, -0.05) is 36.3 Å². The van der Waals surface area contributed by atoms with Gasteiger partial charge in [0, 0.05) is 12.1 Å². The predicted molar refractivity (Wildman–Crippen MR) is 141 cm³/mol. The van der Waals surface area contributed by atoms with E-state index in [9.17, 15) is 23.2 Å². The van der Waals surface area contributed by atoms with Crippen molar-refractivity contribution in [2.75, 3.05) is 6.54 Å². The summed E-state index contributed by atoms with van der Waals surface area (Å²) in [6.45, 7) is 0.404. The number of aliphatic imine (C=N–C) groups is 3. The van der Waals surface area contributed by atoms with Crippen LogP contribution in [0, 0.1) is 23.7 Å². The highest BCUT2D eigenvalue weighted by Gasteiger charge is 2.62. The van der Waals surface area contributed by atoms with E-state index in [0.29, 0.717) is 24.6 Å². The Balaban J connectivity index is 1.24. The lowest BCUT2D eigenvalue weighted by atomic mass is 10.0. The zero-order chi connectivity index (χ0) is 26.4. The number of aliphatic hydroxyl groups is 2. The van der Waals surface area contributed by atoms with E-state index < -0.39 is 34.5 Å². The molecule has 2 aliphatic heterocycles. The maximum atomic E-state index is 11.3. The number of nitrogens with one attached hydrogen (secondary N) is 1. The van der Waals surface area contributed by atoms with E-state index in [0.717, 1.165) is 17.5 Å². The summed E-state index contributed by atoms with van der Waals surface area (Å²) in [5.41, 5.74) is 1.71. The molecule has 38 heavy (non-hydrogen) atoms. The average Bonchev–Trinajstić information content (AvgIpc) is 3.51. The number of fused-ring (bicyclic) bond motifs is 2. The molecule has 196 valence electrons. The molecular formula is C27H27N5O5S. The molecule has 0 amide bonds.